The van der Waals surface area contributed by atoms with Crippen LogP contribution in [0.15, 0.2) is 41.2 Å². The summed E-state index contributed by atoms with van der Waals surface area (Å²) in [7, 11) is 1.62. The Hall–Kier alpha value is -2.87. The third kappa shape index (κ3) is 5.30. The highest BCUT2D eigenvalue weighted by Gasteiger charge is 2.14. The third-order valence-corrected chi connectivity index (χ3v) is 4.38. The largest absolute Gasteiger partial charge is 0.497 e. The third-order valence-electron chi connectivity index (χ3n) is 4.38. The number of carbonyl (C=O) groups excluding carboxylic acids is 1. The minimum atomic E-state index is -0.294. The van der Waals surface area contributed by atoms with E-state index in [0.29, 0.717) is 32.0 Å². The Morgan fingerprint density at radius 3 is 2.63 bits per heavy atom. The Balaban J connectivity index is 1.52. The Morgan fingerprint density at radius 1 is 1.19 bits per heavy atom. The smallest absolute Gasteiger partial charge is 0.267 e. The van der Waals surface area contributed by atoms with Crippen LogP contribution in [0.3, 0.4) is 0 Å². The lowest BCUT2D eigenvalue weighted by Gasteiger charge is -2.27. The fourth-order valence-electron chi connectivity index (χ4n) is 2.84. The van der Waals surface area contributed by atoms with Gasteiger partial charge >= 0.3 is 0 Å². The molecular weight excluding hydrogens is 348 g/mol. The van der Waals surface area contributed by atoms with Crippen LogP contribution in [0.25, 0.3) is 0 Å². The number of aromatic nitrogens is 2. The van der Waals surface area contributed by atoms with Crippen LogP contribution in [0.5, 0.6) is 5.75 Å². The number of anilines is 1. The van der Waals surface area contributed by atoms with Gasteiger partial charge in [0.15, 0.2) is 0 Å². The van der Waals surface area contributed by atoms with Crippen molar-refractivity contribution >= 4 is 11.7 Å². The maximum Gasteiger partial charge on any atom is 0.267 e. The van der Waals surface area contributed by atoms with Crippen molar-refractivity contribution < 1.29 is 14.3 Å². The molecule has 0 saturated carbocycles. The minimum Gasteiger partial charge on any atom is -0.497 e. The van der Waals surface area contributed by atoms with Gasteiger partial charge in [-0.2, -0.15) is 5.10 Å². The van der Waals surface area contributed by atoms with E-state index in [-0.39, 0.29) is 18.0 Å². The summed E-state index contributed by atoms with van der Waals surface area (Å²) in [5.74, 6) is 1.24. The molecule has 0 spiro atoms. The normalized spacial score (nSPS) is 14.0. The van der Waals surface area contributed by atoms with Gasteiger partial charge in [0.1, 0.15) is 18.1 Å². The molecule has 2 aromatic rings. The lowest BCUT2D eigenvalue weighted by atomic mass is 10.1. The first-order valence-corrected chi connectivity index (χ1v) is 8.96. The summed E-state index contributed by atoms with van der Waals surface area (Å²) in [6, 6.07) is 10.8. The zero-order chi connectivity index (χ0) is 19.1. The van der Waals surface area contributed by atoms with Gasteiger partial charge in [0.2, 0.25) is 5.91 Å². The fourth-order valence-corrected chi connectivity index (χ4v) is 2.84. The maximum absolute atomic E-state index is 12.2. The number of ether oxygens (including phenoxy) is 2. The van der Waals surface area contributed by atoms with Crippen LogP contribution in [-0.2, 0) is 22.5 Å². The Bertz CT molecular complexity index is 813. The monoisotopic (exact) mass is 372 g/mol. The predicted octanol–water partition coefficient (Wildman–Crippen LogP) is 0.447. The van der Waals surface area contributed by atoms with Gasteiger partial charge in [0, 0.05) is 25.7 Å². The van der Waals surface area contributed by atoms with Crippen molar-refractivity contribution in [2.75, 3.05) is 44.9 Å². The number of morpholine rings is 1. The van der Waals surface area contributed by atoms with Crippen LogP contribution in [0, 0.1) is 0 Å². The van der Waals surface area contributed by atoms with E-state index in [1.54, 1.807) is 13.2 Å². The minimum absolute atomic E-state index is 0.0976. The van der Waals surface area contributed by atoms with Crippen LogP contribution >= 0.6 is 0 Å². The van der Waals surface area contributed by atoms with Gasteiger partial charge in [-0.1, -0.05) is 12.1 Å². The number of rotatable bonds is 7. The van der Waals surface area contributed by atoms with Crippen LogP contribution in [-0.4, -0.2) is 55.6 Å². The van der Waals surface area contributed by atoms with Gasteiger partial charge in [-0.25, -0.2) is 4.68 Å². The predicted molar refractivity (Wildman–Crippen MR) is 101 cm³/mol. The van der Waals surface area contributed by atoms with E-state index < -0.39 is 0 Å². The lowest BCUT2D eigenvalue weighted by Crippen LogP contribution is -2.39. The first kappa shape index (κ1) is 18.9. The molecule has 0 unspecified atom stereocenters. The van der Waals surface area contributed by atoms with Gasteiger partial charge in [-0.15, -0.1) is 0 Å². The average molecular weight is 372 g/mol. The second-order valence-corrected chi connectivity index (χ2v) is 6.23. The van der Waals surface area contributed by atoms with Crippen LogP contribution in [0.2, 0.25) is 0 Å². The number of amides is 1. The van der Waals surface area contributed by atoms with Crippen molar-refractivity contribution in [3.8, 4) is 5.75 Å². The molecular formula is C19H24N4O4. The van der Waals surface area contributed by atoms with Crippen LogP contribution < -0.4 is 20.5 Å². The maximum atomic E-state index is 12.2. The fraction of sp³-hybridized carbons (Fsp3) is 0.421. The molecule has 8 nitrogen and oxygen atoms in total. The topological polar surface area (TPSA) is 85.7 Å². The van der Waals surface area contributed by atoms with Crippen molar-refractivity contribution in [1.29, 1.82) is 0 Å². The molecule has 1 fully saturated rings. The van der Waals surface area contributed by atoms with E-state index in [9.17, 15) is 9.59 Å². The standard InChI is InChI=1S/C19H24N4O4/c1-26-16-4-2-15(3-5-16)8-9-20-18(24)14-23-19(25)7-6-17(21-23)22-10-12-27-13-11-22/h2-7H,8-14H2,1H3,(H,20,24). The van der Waals surface area contributed by atoms with E-state index in [1.807, 2.05) is 29.2 Å². The van der Waals surface area contributed by atoms with Crippen molar-refractivity contribution in [1.82, 2.24) is 15.1 Å². The van der Waals surface area contributed by atoms with E-state index >= 15 is 0 Å². The molecule has 27 heavy (non-hydrogen) atoms. The van der Waals surface area contributed by atoms with Crippen molar-refractivity contribution in [3.63, 3.8) is 0 Å². The molecule has 1 saturated heterocycles. The number of hydrogen-bond acceptors (Lipinski definition) is 6. The highest BCUT2D eigenvalue weighted by atomic mass is 16.5. The molecule has 0 bridgehead atoms. The second-order valence-electron chi connectivity index (χ2n) is 6.23. The summed E-state index contributed by atoms with van der Waals surface area (Å²) in [4.78, 5) is 26.2. The Kier molecular flexibility index (Phi) is 6.43. The van der Waals surface area contributed by atoms with Gasteiger partial charge in [0.25, 0.3) is 5.56 Å². The first-order valence-electron chi connectivity index (χ1n) is 8.96. The number of hydrogen-bond donors (Lipinski definition) is 1. The molecule has 1 aliphatic heterocycles. The summed E-state index contributed by atoms with van der Waals surface area (Å²) < 4.78 is 11.6. The summed E-state index contributed by atoms with van der Waals surface area (Å²) >= 11 is 0. The molecule has 1 aromatic carbocycles. The quantitative estimate of drug-likeness (QED) is 0.759. The Morgan fingerprint density at radius 2 is 1.93 bits per heavy atom. The second kappa shape index (κ2) is 9.18. The van der Waals surface area contributed by atoms with Crippen LogP contribution in [0.1, 0.15) is 5.56 Å². The summed E-state index contributed by atoms with van der Waals surface area (Å²) in [6.45, 7) is 3.10. The zero-order valence-corrected chi connectivity index (χ0v) is 15.4. The number of nitrogens with one attached hydrogen (secondary N) is 1. The van der Waals surface area contributed by atoms with E-state index in [0.717, 1.165) is 24.4 Å². The molecule has 8 heteroatoms. The first-order chi connectivity index (χ1) is 13.2. The summed E-state index contributed by atoms with van der Waals surface area (Å²) in [5, 5.41) is 7.15. The number of carbonyl (C=O) groups is 1. The molecule has 0 aliphatic carbocycles. The number of nitrogens with zero attached hydrogens (tertiary/aromatic N) is 3. The lowest BCUT2D eigenvalue weighted by molar-refractivity contribution is -0.121. The van der Waals surface area contributed by atoms with Crippen LogP contribution in [0.4, 0.5) is 5.82 Å². The molecule has 3 rings (SSSR count). The molecule has 0 radical (unpaired) electrons. The van der Waals surface area contributed by atoms with Crippen molar-refractivity contribution in [3.05, 3.63) is 52.3 Å². The number of benzene rings is 1. The van der Waals surface area contributed by atoms with E-state index in [2.05, 4.69) is 10.4 Å². The van der Waals surface area contributed by atoms with Gasteiger partial charge in [-0.3, -0.25) is 9.59 Å². The molecule has 1 aliphatic rings. The highest BCUT2D eigenvalue weighted by Crippen LogP contribution is 2.11. The molecule has 1 amide bonds. The zero-order valence-electron chi connectivity index (χ0n) is 15.4. The molecule has 144 valence electrons. The van der Waals surface area contributed by atoms with Gasteiger partial charge in [-0.05, 0) is 30.2 Å². The SMILES string of the molecule is COc1ccc(CCNC(=O)Cn2nc(N3CCOCC3)ccc2=O)cc1. The molecule has 1 N–H and O–H groups in total. The van der Waals surface area contributed by atoms with Crippen molar-refractivity contribution in [2.24, 2.45) is 0 Å². The van der Waals surface area contributed by atoms with Crippen molar-refractivity contribution in [2.45, 2.75) is 13.0 Å². The average Bonchev–Trinajstić information content (AvgIpc) is 2.71. The number of methoxy groups -OCH3 is 1. The van der Waals surface area contributed by atoms with E-state index in [4.69, 9.17) is 9.47 Å². The molecule has 0 atom stereocenters. The van der Waals surface area contributed by atoms with Gasteiger partial charge < -0.3 is 19.7 Å². The Labute approximate surface area is 157 Å². The molecule has 2 heterocycles. The summed E-state index contributed by atoms with van der Waals surface area (Å²) in [5.41, 5.74) is 0.804. The van der Waals surface area contributed by atoms with E-state index in [1.165, 1.54) is 10.7 Å². The summed E-state index contributed by atoms with van der Waals surface area (Å²) in [6.07, 6.45) is 0.700. The molecule has 1 aromatic heterocycles. The highest BCUT2D eigenvalue weighted by molar-refractivity contribution is 5.75. The van der Waals surface area contributed by atoms with Gasteiger partial charge in [0.05, 0.1) is 20.3 Å².